The molecule has 0 radical (unpaired) electrons. The Hall–Kier alpha value is -1.55. The summed E-state index contributed by atoms with van der Waals surface area (Å²) in [5.74, 6) is 0.136. The minimum absolute atomic E-state index is 0.136. The number of benzene rings is 1. The van der Waals surface area contributed by atoms with Crippen molar-refractivity contribution >= 4 is 11.6 Å². The van der Waals surface area contributed by atoms with Gasteiger partial charge in [0.1, 0.15) is 0 Å². The summed E-state index contributed by atoms with van der Waals surface area (Å²) in [6.07, 6.45) is 1.03. The summed E-state index contributed by atoms with van der Waals surface area (Å²) in [6, 6.07) is 6.44. The topological polar surface area (TPSA) is 35.6 Å². The minimum atomic E-state index is 0.136. The summed E-state index contributed by atoms with van der Waals surface area (Å²) in [7, 11) is 5.55. The number of rotatable bonds is 7. The van der Waals surface area contributed by atoms with Crippen LogP contribution in [0.4, 0.5) is 5.69 Å². The van der Waals surface area contributed by atoms with E-state index >= 15 is 0 Å². The highest BCUT2D eigenvalue weighted by atomic mass is 16.2. The number of likely N-dealkylation sites (N-methyl/N-ethyl adjacent to an activating group) is 1. The molecule has 0 aliphatic rings. The van der Waals surface area contributed by atoms with Crippen LogP contribution < -0.4 is 10.2 Å². The van der Waals surface area contributed by atoms with Crippen molar-refractivity contribution in [1.29, 1.82) is 0 Å². The van der Waals surface area contributed by atoms with Crippen LogP contribution in [0.2, 0.25) is 0 Å². The van der Waals surface area contributed by atoms with Crippen molar-refractivity contribution in [3.8, 4) is 0 Å². The highest BCUT2D eigenvalue weighted by Gasteiger charge is 2.14. The summed E-state index contributed by atoms with van der Waals surface area (Å²) in [6.45, 7) is 6.44. The van der Waals surface area contributed by atoms with Gasteiger partial charge in [-0.15, -0.1) is 0 Å². The van der Waals surface area contributed by atoms with E-state index in [1.54, 1.807) is 19.0 Å². The Kier molecular flexibility index (Phi) is 6.52. The lowest BCUT2D eigenvalue weighted by Gasteiger charge is -2.27. The first-order chi connectivity index (χ1) is 9.49. The molecule has 4 heteroatoms. The molecular weight excluding hydrogens is 250 g/mol. The van der Waals surface area contributed by atoms with Crippen molar-refractivity contribution in [3.05, 3.63) is 29.3 Å². The van der Waals surface area contributed by atoms with Crippen molar-refractivity contribution < 1.29 is 4.79 Å². The average molecular weight is 277 g/mol. The number of carbonyl (C=O) groups excluding carboxylic acids is 1. The maximum absolute atomic E-state index is 12.0. The van der Waals surface area contributed by atoms with Crippen molar-refractivity contribution in [3.63, 3.8) is 0 Å². The Bertz CT molecular complexity index is 443. The maximum atomic E-state index is 12.0. The first-order valence-corrected chi connectivity index (χ1v) is 7.18. The molecule has 0 aromatic heterocycles. The molecule has 4 nitrogen and oxygen atoms in total. The highest BCUT2D eigenvalue weighted by molar-refractivity contribution is 5.81. The Morgan fingerprint density at radius 2 is 2.00 bits per heavy atom. The Morgan fingerprint density at radius 3 is 2.50 bits per heavy atom. The third-order valence-electron chi connectivity index (χ3n) is 3.30. The lowest BCUT2D eigenvalue weighted by molar-refractivity contribution is -0.127. The molecule has 1 aromatic rings. The van der Waals surface area contributed by atoms with Gasteiger partial charge >= 0.3 is 0 Å². The third kappa shape index (κ3) is 4.53. The predicted octanol–water partition coefficient (Wildman–Crippen LogP) is 2.02. The van der Waals surface area contributed by atoms with Gasteiger partial charge in [0.05, 0.1) is 6.54 Å². The van der Waals surface area contributed by atoms with E-state index in [2.05, 4.69) is 42.3 Å². The van der Waals surface area contributed by atoms with Crippen LogP contribution in [0, 0.1) is 6.92 Å². The van der Waals surface area contributed by atoms with Gasteiger partial charge in [0.15, 0.2) is 0 Å². The monoisotopic (exact) mass is 277 g/mol. The van der Waals surface area contributed by atoms with E-state index in [9.17, 15) is 4.79 Å². The zero-order valence-electron chi connectivity index (χ0n) is 13.4. The number of nitrogens with zero attached hydrogens (tertiary/aromatic N) is 2. The first-order valence-electron chi connectivity index (χ1n) is 7.18. The van der Waals surface area contributed by atoms with Gasteiger partial charge in [-0.05, 0) is 37.6 Å². The molecule has 1 N–H and O–H groups in total. The van der Waals surface area contributed by atoms with Crippen LogP contribution in [0.1, 0.15) is 24.5 Å². The van der Waals surface area contributed by atoms with E-state index in [4.69, 9.17) is 0 Å². The number of hydrogen-bond acceptors (Lipinski definition) is 3. The molecule has 1 amide bonds. The van der Waals surface area contributed by atoms with Crippen molar-refractivity contribution in [2.24, 2.45) is 0 Å². The molecule has 0 atom stereocenters. The highest BCUT2D eigenvalue weighted by Crippen LogP contribution is 2.21. The van der Waals surface area contributed by atoms with E-state index < -0.39 is 0 Å². The lowest BCUT2D eigenvalue weighted by atomic mass is 10.1. The molecule has 112 valence electrons. The second-order valence-electron chi connectivity index (χ2n) is 5.36. The quantitative estimate of drug-likeness (QED) is 0.828. The molecule has 0 fully saturated rings. The number of aryl methyl sites for hydroxylation is 1. The second kappa shape index (κ2) is 7.90. The number of amides is 1. The number of carbonyl (C=O) groups is 1. The van der Waals surface area contributed by atoms with E-state index in [-0.39, 0.29) is 5.91 Å². The molecule has 0 saturated carbocycles. The van der Waals surface area contributed by atoms with Crippen molar-refractivity contribution in [2.45, 2.75) is 26.8 Å². The van der Waals surface area contributed by atoms with Crippen LogP contribution in [-0.4, -0.2) is 45.0 Å². The van der Waals surface area contributed by atoms with Gasteiger partial charge in [-0.3, -0.25) is 4.79 Å². The standard InChI is InChI=1S/C16H27N3O/c1-6-9-19(12-16(20)18(4)5)15-8-7-14(11-17-3)10-13(15)2/h7-8,10,17H,6,9,11-12H2,1-5H3. The number of nitrogens with one attached hydrogen (secondary N) is 1. The van der Waals surface area contributed by atoms with Gasteiger partial charge in [-0.1, -0.05) is 19.1 Å². The fourth-order valence-corrected chi connectivity index (χ4v) is 2.25. The fraction of sp³-hybridized carbons (Fsp3) is 0.562. The van der Waals surface area contributed by atoms with E-state index in [0.717, 1.165) is 25.2 Å². The molecule has 20 heavy (non-hydrogen) atoms. The maximum Gasteiger partial charge on any atom is 0.241 e. The predicted molar refractivity (Wildman–Crippen MR) is 85.1 cm³/mol. The van der Waals surface area contributed by atoms with Crippen molar-refractivity contribution in [1.82, 2.24) is 10.2 Å². The van der Waals surface area contributed by atoms with Crippen LogP contribution in [0.15, 0.2) is 18.2 Å². The SMILES string of the molecule is CCCN(CC(=O)N(C)C)c1ccc(CNC)cc1C. The van der Waals surface area contributed by atoms with Crippen molar-refractivity contribution in [2.75, 3.05) is 39.1 Å². The van der Waals surface area contributed by atoms with Crippen LogP contribution in [-0.2, 0) is 11.3 Å². The Balaban J connectivity index is 2.93. The Labute approximate surface area is 122 Å². The van der Waals surface area contributed by atoms with Gasteiger partial charge in [-0.25, -0.2) is 0 Å². The van der Waals surface area contributed by atoms with Crippen LogP contribution in [0.3, 0.4) is 0 Å². The number of anilines is 1. The third-order valence-corrected chi connectivity index (χ3v) is 3.30. The molecule has 0 bridgehead atoms. The van der Waals surface area contributed by atoms with Crippen LogP contribution in [0.5, 0.6) is 0 Å². The molecule has 1 rings (SSSR count). The molecule has 0 saturated heterocycles. The summed E-state index contributed by atoms with van der Waals surface area (Å²) in [5, 5.41) is 3.16. The smallest absolute Gasteiger partial charge is 0.241 e. The van der Waals surface area contributed by atoms with Gasteiger partial charge in [0.25, 0.3) is 0 Å². The van der Waals surface area contributed by atoms with Crippen LogP contribution in [0.25, 0.3) is 0 Å². The van der Waals surface area contributed by atoms with E-state index in [1.807, 2.05) is 7.05 Å². The Morgan fingerprint density at radius 1 is 1.30 bits per heavy atom. The molecule has 0 unspecified atom stereocenters. The van der Waals surface area contributed by atoms with Gasteiger partial charge < -0.3 is 15.1 Å². The number of hydrogen-bond donors (Lipinski definition) is 1. The molecule has 1 aromatic carbocycles. The molecule has 0 aliphatic carbocycles. The average Bonchev–Trinajstić information content (AvgIpc) is 2.38. The largest absolute Gasteiger partial charge is 0.362 e. The van der Waals surface area contributed by atoms with E-state index in [0.29, 0.717) is 6.54 Å². The zero-order valence-corrected chi connectivity index (χ0v) is 13.4. The lowest BCUT2D eigenvalue weighted by Crippen LogP contribution is -2.37. The molecule has 0 spiro atoms. The summed E-state index contributed by atoms with van der Waals surface area (Å²) < 4.78 is 0. The molecule has 0 aliphatic heterocycles. The summed E-state index contributed by atoms with van der Waals surface area (Å²) >= 11 is 0. The molecular formula is C16H27N3O. The minimum Gasteiger partial charge on any atom is -0.362 e. The fourth-order valence-electron chi connectivity index (χ4n) is 2.25. The van der Waals surface area contributed by atoms with E-state index in [1.165, 1.54) is 11.1 Å². The van der Waals surface area contributed by atoms with Gasteiger partial charge in [0, 0.05) is 32.9 Å². The van der Waals surface area contributed by atoms with Gasteiger partial charge in [-0.2, -0.15) is 0 Å². The summed E-state index contributed by atoms with van der Waals surface area (Å²) in [5.41, 5.74) is 3.64. The second-order valence-corrected chi connectivity index (χ2v) is 5.36. The first kappa shape index (κ1) is 16.5. The zero-order chi connectivity index (χ0) is 15.1. The summed E-state index contributed by atoms with van der Waals surface area (Å²) in [4.78, 5) is 15.8. The van der Waals surface area contributed by atoms with Crippen LogP contribution >= 0.6 is 0 Å². The molecule has 0 heterocycles. The van der Waals surface area contributed by atoms with Gasteiger partial charge in [0.2, 0.25) is 5.91 Å². The normalized spacial score (nSPS) is 10.4.